The van der Waals surface area contributed by atoms with Gasteiger partial charge in [0.2, 0.25) is 0 Å². The number of carboxylic acid groups (broad SMARTS) is 1. The molecule has 0 unspecified atom stereocenters. The molecule has 14 heavy (non-hydrogen) atoms. The third kappa shape index (κ3) is 3.09. The van der Waals surface area contributed by atoms with E-state index in [0.717, 1.165) is 19.3 Å². The van der Waals surface area contributed by atoms with Crippen LogP contribution >= 0.6 is 0 Å². The van der Waals surface area contributed by atoms with Gasteiger partial charge in [-0.15, -0.1) is 0 Å². The molecule has 0 spiro atoms. The van der Waals surface area contributed by atoms with Crippen molar-refractivity contribution in [3.8, 4) is 6.07 Å². The Morgan fingerprint density at radius 2 is 2.21 bits per heavy atom. The van der Waals surface area contributed by atoms with Crippen molar-refractivity contribution >= 4 is 6.09 Å². The van der Waals surface area contributed by atoms with Gasteiger partial charge in [0.25, 0.3) is 0 Å². The van der Waals surface area contributed by atoms with E-state index < -0.39 is 6.09 Å². The van der Waals surface area contributed by atoms with Crippen molar-refractivity contribution < 1.29 is 9.90 Å². The Morgan fingerprint density at radius 1 is 1.57 bits per heavy atom. The van der Waals surface area contributed by atoms with Crippen molar-refractivity contribution in [3.63, 3.8) is 0 Å². The second-order valence-corrected chi connectivity index (χ2v) is 3.48. The van der Waals surface area contributed by atoms with Gasteiger partial charge in [0, 0.05) is 19.2 Å². The summed E-state index contributed by atoms with van der Waals surface area (Å²) in [5.74, 6) is 0.537. The van der Waals surface area contributed by atoms with Gasteiger partial charge in [-0.25, -0.2) is 4.79 Å². The fourth-order valence-corrected chi connectivity index (χ4v) is 1.67. The minimum atomic E-state index is -0.823. The van der Waals surface area contributed by atoms with Gasteiger partial charge in [0.1, 0.15) is 0 Å². The number of carbonyl (C=O) groups is 1. The summed E-state index contributed by atoms with van der Waals surface area (Å²) >= 11 is 0. The lowest BCUT2D eigenvalue weighted by Gasteiger charge is -2.29. The van der Waals surface area contributed by atoms with Gasteiger partial charge >= 0.3 is 6.09 Å². The molecule has 1 fully saturated rings. The maximum Gasteiger partial charge on any atom is 0.407 e. The van der Waals surface area contributed by atoms with Crippen molar-refractivity contribution in [2.75, 3.05) is 13.1 Å². The lowest BCUT2D eigenvalue weighted by Crippen LogP contribution is -2.37. The Bertz CT molecular complexity index is 260. The van der Waals surface area contributed by atoms with Crippen molar-refractivity contribution in [2.45, 2.75) is 19.3 Å². The first-order valence-corrected chi connectivity index (χ1v) is 4.76. The minimum absolute atomic E-state index is 0.537. The average molecular weight is 194 g/mol. The molecule has 0 bridgehead atoms. The molecule has 4 nitrogen and oxygen atoms in total. The topological polar surface area (TPSA) is 64.3 Å². The maximum atomic E-state index is 10.6. The number of hydrogen-bond acceptors (Lipinski definition) is 2. The third-order valence-electron chi connectivity index (χ3n) is 2.55. The number of nitrogens with zero attached hydrogens (tertiary/aromatic N) is 2. The highest BCUT2D eigenvalue weighted by molar-refractivity contribution is 5.64. The number of rotatable bonds is 2. The SMILES string of the molecule is N#C/C=C/CC1CCN(C(=O)O)CC1. The standard InChI is InChI=1S/C10H14N2O2/c11-6-2-1-3-9-4-7-12(8-5-9)10(13)14/h1-2,9H,3-5,7-8H2,(H,13,14)/b2-1+. The summed E-state index contributed by atoms with van der Waals surface area (Å²) in [6.07, 6.45) is 5.23. The molecule has 0 aromatic heterocycles. The van der Waals surface area contributed by atoms with Crippen LogP contribution in [0.2, 0.25) is 0 Å². The summed E-state index contributed by atoms with van der Waals surface area (Å²) in [6, 6.07) is 1.95. The molecule has 76 valence electrons. The van der Waals surface area contributed by atoms with Crippen LogP contribution in [0.5, 0.6) is 0 Å². The molecule has 1 rings (SSSR count). The van der Waals surface area contributed by atoms with Crippen molar-refractivity contribution in [1.82, 2.24) is 4.90 Å². The number of piperidine rings is 1. The highest BCUT2D eigenvalue weighted by atomic mass is 16.4. The Hall–Kier alpha value is -1.50. The number of likely N-dealkylation sites (tertiary alicyclic amines) is 1. The normalized spacial score (nSPS) is 18.4. The van der Waals surface area contributed by atoms with E-state index in [9.17, 15) is 4.79 Å². The fourth-order valence-electron chi connectivity index (χ4n) is 1.67. The molecule has 0 atom stereocenters. The molecule has 1 aliphatic rings. The molecule has 1 saturated heterocycles. The molecule has 0 aromatic rings. The summed E-state index contributed by atoms with van der Waals surface area (Å²) in [5.41, 5.74) is 0. The maximum absolute atomic E-state index is 10.6. The lowest BCUT2D eigenvalue weighted by atomic mass is 9.94. The predicted octanol–water partition coefficient (Wildman–Crippen LogP) is 1.85. The predicted molar refractivity (Wildman–Crippen MR) is 51.7 cm³/mol. The van der Waals surface area contributed by atoms with Crippen LogP contribution in [0.15, 0.2) is 12.2 Å². The van der Waals surface area contributed by atoms with Crippen LogP contribution < -0.4 is 0 Å². The van der Waals surface area contributed by atoms with Gasteiger partial charge in [-0.3, -0.25) is 0 Å². The first kappa shape index (κ1) is 10.6. The van der Waals surface area contributed by atoms with Gasteiger partial charge in [0.05, 0.1) is 6.07 Å². The zero-order valence-electron chi connectivity index (χ0n) is 8.02. The van der Waals surface area contributed by atoms with Crippen LogP contribution in [-0.2, 0) is 0 Å². The fraction of sp³-hybridized carbons (Fsp3) is 0.600. The van der Waals surface area contributed by atoms with Gasteiger partial charge in [-0.2, -0.15) is 5.26 Å². The smallest absolute Gasteiger partial charge is 0.407 e. The van der Waals surface area contributed by atoms with Crippen LogP contribution in [0, 0.1) is 17.2 Å². The van der Waals surface area contributed by atoms with Gasteiger partial charge < -0.3 is 10.0 Å². The molecule has 0 saturated carbocycles. The molecule has 0 aliphatic carbocycles. The largest absolute Gasteiger partial charge is 0.465 e. The molecule has 1 amide bonds. The quantitative estimate of drug-likeness (QED) is 0.682. The Morgan fingerprint density at radius 3 is 2.71 bits per heavy atom. The highest BCUT2D eigenvalue weighted by Crippen LogP contribution is 2.20. The number of hydrogen-bond donors (Lipinski definition) is 1. The molecule has 0 radical (unpaired) electrons. The van der Waals surface area contributed by atoms with Gasteiger partial charge in [-0.1, -0.05) is 6.08 Å². The molecular formula is C10H14N2O2. The molecule has 4 heteroatoms. The minimum Gasteiger partial charge on any atom is -0.465 e. The van der Waals surface area contributed by atoms with E-state index in [1.807, 2.05) is 12.1 Å². The monoisotopic (exact) mass is 194 g/mol. The van der Waals surface area contributed by atoms with Crippen LogP contribution in [0.1, 0.15) is 19.3 Å². The molecular weight excluding hydrogens is 180 g/mol. The number of allylic oxidation sites excluding steroid dienone is 2. The zero-order chi connectivity index (χ0) is 10.4. The molecule has 0 aromatic carbocycles. The van der Waals surface area contributed by atoms with E-state index in [1.165, 1.54) is 11.0 Å². The highest BCUT2D eigenvalue weighted by Gasteiger charge is 2.20. The molecule has 1 aliphatic heterocycles. The molecule has 1 N–H and O–H groups in total. The lowest BCUT2D eigenvalue weighted by molar-refractivity contribution is 0.125. The van der Waals surface area contributed by atoms with Crippen molar-refractivity contribution in [2.24, 2.45) is 5.92 Å². The van der Waals surface area contributed by atoms with E-state index in [0.29, 0.717) is 19.0 Å². The van der Waals surface area contributed by atoms with Gasteiger partial charge in [0.15, 0.2) is 0 Å². The van der Waals surface area contributed by atoms with E-state index in [2.05, 4.69) is 0 Å². The van der Waals surface area contributed by atoms with Crippen LogP contribution in [-0.4, -0.2) is 29.2 Å². The van der Waals surface area contributed by atoms with Gasteiger partial charge in [-0.05, 0) is 25.2 Å². The van der Waals surface area contributed by atoms with Crippen molar-refractivity contribution in [3.05, 3.63) is 12.2 Å². The van der Waals surface area contributed by atoms with E-state index in [4.69, 9.17) is 10.4 Å². The summed E-state index contributed by atoms with van der Waals surface area (Å²) in [7, 11) is 0. The first-order valence-electron chi connectivity index (χ1n) is 4.76. The van der Waals surface area contributed by atoms with Crippen molar-refractivity contribution in [1.29, 1.82) is 5.26 Å². The summed E-state index contributed by atoms with van der Waals surface area (Å²) in [4.78, 5) is 12.0. The van der Waals surface area contributed by atoms with E-state index >= 15 is 0 Å². The van der Waals surface area contributed by atoms with Crippen LogP contribution in [0.4, 0.5) is 4.79 Å². The van der Waals surface area contributed by atoms with Crippen LogP contribution in [0.3, 0.4) is 0 Å². The summed E-state index contributed by atoms with van der Waals surface area (Å²) < 4.78 is 0. The Kier molecular flexibility index (Phi) is 3.99. The first-order chi connectivity index (χ1) is 6.74. The van der Waals surface area contributed by atoms with E-state index in [1.54, 1.807) is 0 Å². The second kappa shape index (κ2) is 5.28. The third-order valence-corrected chi connectivity index (χ3v) is 2.55. The van der Waals surface area contributed by atoms with E-state index in [-0.39, 0.29) is 0 Å². The Balaban J connectivity index is 2.26. The number of amides is 1. The second-order valence-electron chi connectivity index (χ2n) is 3.48. The Labute approximate surface area is 83.4 Å². The summed E-state index contributed by atoms with van der Waals surface area (Å²) in [6.45, 7) is 1.25. The number of nitriles is 1. The summed E-state index contributed by atoms with van der Waals surface area (Å²) in [5, 5.41) is 17.0. The average Bonchev–Trinajstić information content (AvgIpc) is 2.19. The molecule has 1 heterocycles. The van der Waals surface area contributed by atoms with Crippen LogP contribution in [0.25, 0.3) is 0 Å². The zero-order valence-corrected chi connectivity index (χ0v) is 8.02.